The summed E-state index contributed by atoms with van der Waals surface area (Å²) in [5.74, 6) is 0.238. The van der Waals surface area contributed by atoms with Gasteiger partial charge in [-0.25, -0.2) is 9.97 Å². The molecule has 2 aromatic carbocycles. The van der Waals surface area contributed by atoms with Crippen LogP contribution in [0.5, 0.6) is 0 Å². The largest absolute Gasteiger partial charge is 0.368 e. The van der Waals surface area contributed by atoms with Crippen molar-refractivity contribution in [1.82, 2.24) is 15.0 Å². The topological polar surface area (TPSA) is 64.7 Å². The van der Waals surface area contributed by atoms with Gasteiger partial charge in [0.1, 0.15) is 0 Å². The number of pyridine rings is 1. The van der Waals surface area contributed by atoms with Gasteiger partial charge in [0.25, 0.3) is 0 Å². The van der Waals surface area contributed by atoms with E-state index < -0.39 is 0 Å². The number of nitrogens with two attached hydrogens (primary N) is 1. The summed E-state index contributed by atoms with van der Waals surface area (Å²) < 4.78 is 0. The van der Waals surface area contributed by atoms with Gasteiger partial charge in [0, 0.05) is 33.4 Å². The normalized spacial score (nSPS) is 11.0. The summed E-state index contributed by atoms with van der Waals surface area (Å²) in [7, 11) is 0. The maximum atomic E-state index is 6.27. The fourth-order valence-corrected chi connectivity index (χ4v) is 3.26. The van der Waals surface area contributed by atoms with Gasteiger partial charge in [0.2, 0.25) is 5.95 Å². The quantitative estimate of drug-likeness (QED) is 0.560. The first-order valence-corrected chi connectivity index (χ1v) is 8.25. The molecular formula is C20H15ClN4. The Kier molecular flexibility index (Phi) is 3.82. The van der Waals surface area contributed by atoms with E-state index in [4.69, 9.17) is 22.3 Å². The first kappa shape index (κ1) is 15.5. The average Bonchev–Trinajstić information content (AvgIpc) is 2.62. The predicted molar refractivity (Wildman–Crippen MR) is 102 cm³/mol. The predicted octanol–water partition coefficient (Wildman–Crippen LogP) is 4.90. The van der Waals surface area contributed by atoms with Crippen LogP contribution in [0.2, 0.25) is 5.02 Å². The van der Waals surface area contributed by atoms with Gasteiger partial charge in [0.15, 0.2) is 0 Å². The van der Waals surface area contributed by atoms with Crippen molar-refractivity contribution >= 4 is 28.5 Å². The fourth-order valence-electron chi connectivity index (χ4n) is 3.09. The summed E-state index contributed by atoms with van der Waals surface area (Å²) in [6.45, 7) is 1.98. The standard InChI is InChI=1S/C20H15ClN4/c1-12-18(17-9-10-23-20(22)25-17)19(13-5-3-2-4-6-13)15-11-14(21)7-8-16(15)24-12/h2-11H,1H3,(H2,22,23,25). The van der Waals surface area contributed by atoms with Crippen LogP contribution in [-0.4, -0.2) is 15.0 Å². The van der Waals surface area contributed by atoms with Crippen LogP contribution in [0.3, 0.4) is 0 Å². The molecule has 2 N–H and O–H groups in total. The van der Waals surface area contributed by atoms with Crippen LogP contribution in [0.1, 0.15) is 5.69 Å². The highest BCUT2D eigenvalue weighted by atomic mass is 35.5. The van der Waals surface area contributed by atoms with Crippen LogP contribution in [-0.2, 0) is 0 Å². The minimum atomic E-state index is 0.238. The van der Waals surface area contributed by atoms with Crippen LogP contribution >= 0.6 is 11.6 Å². The van der Waals surface area contributed by atoms with Crippen LogP contribution in [0.4, 0.5) is 5.95 Å². The number of nitrogen functional groups attached to an aromatic ring is 1. The molecule has 0 unspecified atom stereocenters. The molecule has 4 nitrogen and oxygen atoms in total. The molecule has 0 aliphatic carbocycles. The molecule has 0 fully saturated rings. The number of nitrogens with zero attached hydrogens (tertiary/aromatic N) is 3. The number of halogens is 1. The Morgan fingerprint density at radius 3 is 2.48 bits per heavy atom. The highest BCUT2D eigenvalue weighted by Gasteiger charge is 2.17. The van der Waals surface area contributed by atoms with Crippen molar-refractivity contribution in [1.29, 1.82) is 0 Å². The second kappa shape index (κ2) is 6.15. The molecule has 0 saturated carbocycles. The zero-order valence-corrected chi connectivity index (χ0v) is 14.3. The zero-order chi connectivity index (χ0) is 17.4. The third kappa shape index (κ3) is 2.81. The van der Waals surface area contributed by atoms with Gasteiger partial charge in [-0.15, -0.1) is 0 Å². The number of rotatable bonds is 2. The van der Waals surface area contributed by atoms with Gasteiger partial charge in [-0.3, -0.25) is 4.98 Å². The second-order valence-corrected chi connectivity index (χ2v) is 6.21. The Labute approximate surface area is 150 Å². The number of fused-ring (bicyclic) bond motifs is 1. The molecule has 5 heteroatoms. The van der Waals surface area contributed by atoms with Crippen LogP contribution in [0.25, 0.3) is 33.3 Å². The molecule has 0 bridgehead atoms. The van der Waals surface area contributed by atoms with Crippen LogP contribution in [0.15, 0.2) is 60.8 Å². The molecule has 2 heterocycles. The first-order valence-electron chi connectivity index (χ1n) is 7.87. The van der Waals surface area contributed by atoms with E-state index in [1.54, 1.807) is 6.20 Å². The van der Waals surface area contributed by atoms with Gasteiger partial charge in [0.05, 0.1) is 11.2 Å². The van der Waals surface area contributed by atoms with Crippen molar-refractivity contribution in [3.05, 3.63) is 71.5 Å². The third-order valence-electron chi connectivity index (χ3n) is 4.12. The van der Waals surface area contributed by atoms with Crippen molar-refractivity contribution in [2.75, 3.05) is 5.73 Å². The zero-order valence-electron chi connectivity index (χ0n) is 13.6. The SMILES string of the molecule is Cc1nc2ccc(Cl)cc2c(-c2ccccc2)c1-c1ccnc(N)n1. The Morgan fingerprint density at radius 1 is 0.920 bits per heavy atom. The Hall–Kier alpha value is -2.98. The summed E-state index contributed by atoms with van der Waals surface area (Å²) in [5.41, 5.74) is 11.4. The number of hydrogen-bond acceptors (Lipinski definition) is 4. The summed E-state index contributed by atoms with van der Waals surface area (Å²) in [4.78, 5) is 13.2. The summed E-state index contributed by atoms with van der Waals surface area (Å²) >= 11 is 6.27. The molecule has 4 aromatic rings. The van der Waals surface area contributed by atoms with Crippen molar-refractivity contribution in [3.8, 4) is 22.4 Å². The lowest BCUT2D eigenvalue weighted by Crippen LogP contribution is -2.00. The molecule has 25 heavy (non-hydrogen) atoms. The lowest BCUT2D eigenvalue weighted by Gasteiger charge is -2.16. The second-order valence-electron chi connectivity index (χ2n) is 5.77. The van der Waals surface area contributed by atoms with E-state index >= 15 is 0 Å². The third-order valence-corrected chi connectivity index (χ3v) is 4.36. The Balaban J connectivity index is 2.16. The van der Waals surface area contributed by atoms with E-state index in [2.05, 4.69) is 22.1 Å². The van der Waals surface area contributed by atoms with Crippen LogP contribution in [0, 0.1) is 6.92 Å². The molecule has 0 aliphatic rings. The molecule has 0 amide bonds. The lowest BCUT2D eigenvalue weighted by molar-refractivity contribution is 1.17. The van der Waals surface area contributed by atoms with E-state index in [0.29, 0.717) is 5.02 Å². The molecular weight excluding hydrogens is 332 g/mol. The summed E-state index contributed by atoms with van der Waals surface area (Å²) in [6.07, 6.45) is 1.66. The molecule has 0 atom stereocenters. The fraction of sp³-hybridized carbons (Fsp3) is 0.0500. The smallest absolute Gasteiger partial charge is 0.220 e. The van der Waals surface area contributed by atoms with Crippen molar-refractivity contribution < 1.29 is 0 Å². The monoisotopic (exact) mass is 346 g/mol. The molecule has 122 valence electrons. The van der Waals surface area contributed by atoms with Gasteiger partial charge in [-0.2, -0.15) is 0 Å². The maximum Gasteiger partial charge on any atom is 0.220 e. The number of hydrogen-bond donors (Lipinski definition) is 1. The molecule has 0 spiro atoms. The minimum absolute atomic E-state index is 0.238. The minimum Gasteiger partial charge on any atom is -0.368 e. The lowest BCUT2D eigenvalue weighted by atomic mass is 9.92. The number of aromatic nitrogens is 3. The number of benzene rings is 2. The molecule has 4 rings (SSSR count). The van der Waals surface area contributed by atoms with Crippen molar-refractivity contribution in [3.63, 3.8) is 0 Å². The number of aryl methyl sites for hydroxylation is 1. The van der Waals surface area contributed by atoms with Crippen LogP contribution < -0.4 is 5.73 Å². The summed E-state index contributed by atoms with van der Waals surface area (Å²) in [5, 5.41) is 1.65. The highest BCUT2D eigenvalue weighted by Crippen LogP contribution is 2.39. The number of anilines is 1. The van der Waals surface area contributed by atoms with Gasteiger partial charge < -0.3 is 5.73 Å². The average molecular weight is 347 g/mol. The van der Waals surface area contributed by atoms with E-state index in [9.17, 15) is 0 Å². The molecule has 0 radical (unpaired) electrons. The molecule has 2 aromatic heterocycles. The first-order chi connectivity index (χ1) is 12.1. The van der Waals surface area contributed by atoms with Gasteiger partial charge >= 0.3 is 0 Å². The van der Waals surface area contributed by atoms with E-state index in [1.807, 2.05) is 49.4 Å². The Bertz CT molecular complexity index is 1080. The van der Waals surface area contributed by atoms with Gasteiger partial charge in [-0.1, -0.05) is 41.9 Å². The van der Waals surface area contributed by atoms with Gasteiger partial charge in [-0.05, 0) is 36.8 Å². The molecule has 0 aliphatic heterocycles. The van der Waals surface area contributed by atoms with E-state index in [1.165, 1.54) is 0 Å². The van der Waals surface area contributed by atoms with E-state index in [-0.39, 0.29) is 5.95 Å². The summed E-state index contributed by atoms with van der Waals surface area (Å²) in [6, 6.07) is 17.8. The highest BCUT2D eigenvalue weighted by molar-refractivity contribution is 6.31. The van der Waals surface area contributed by atoms with Crippen molar-refractivity contribution in [2.45, 2.75) is 6.92 Å². The maximum absolute atomic E-state index is 6.27. The van der Waals surface area contributed by atoms with Crippen molar-refractivity contribution in [2.24, 2.45) is 0 Å². The molecule has 0 saturated heterocycles. The Morgan fingerprint density at radius 2 is 1.72 bits per heavy atom. The van der Waals surface area contributed by atoms with E-state index in [0.717, 1.165) is 39.0 Å².